The monoisotopic (exact) mass is 168 g/mol. The van der Waals surface area contributed by atoms with Crippen molar-refractivity contribution in [2.45, 2.75) is 0 Å². The lowest BCUT2D eigenvalue weighted by Gasteiger charge is -1.71. The zero-order valence-electron chi connectivity index (χ0n) is 6.72. The van der Waals surface area contributed by atoms with Crippen LogP contribution in [0.4, 0.5) is 0 Å². The molecule has 0 unspecified atom stereocenters. The normalized spacial score (nSPS) is 4.62. The fourth-order valence-corrected chi connectivity index (χ4v) is 0.269. The van der Waals surface area contributed by atoms with Gasteiger partial charge in [-0.3, -0.25) is 0 Å². The first-order valence-electron chi connectivity index (χ1n) is 3.01. The largest absolute Gasteiger partial charge is 0.236 e. The number of rotatable bonds is 2. The van der Waals surface area contributed by atoms with Crippen LogP contribution in [0, 0.1) is 0 Å². The third-order valence-corrected chi connectivity index (χ3v) is 0.601. The van der Waals surface area contributed by atoms with Gasteiger partial charge in [-0.1, -0.05) is 10.9 Å². The minimum absolute atomic E-state index is 2.21. The summed E-state index contributed by atoms with van der Waals surface area (Å²) in [5.74, 6) is 2.21. The van der Waals surface area contributed by atoms with Crippen LogP contribution in [0.3, 0.4) is 0 Å². The lowest BCUT2D eigenvalue weighted by Crippen LogP contribution is -1.59. The Morgan fingerprint density at radius 2 is 1.54 bits per heavy atom. The summed E-state index contributed by atoms with van der Waals surface area (Å²) in [5.41, 5.74) is 16.8. The third-order valence-electron chi connectivity index (χ3n) is 0.601. The van der Waals surface area contributed by atoms with Gasteiger partial charge in [0.05, 0.1) is 5.87 Å². The number of oxime groups is 1. The van der Waals surface area contributed by atoms with Crippen molar-refractivity contribution in [3.05, 3.63) is 46.7 Å². The molecule has 0 radical (unpaired) electrons. The SMILES string of the molecule is C=C=C=C=C=C=C=C=C=NON=C. The van der Waals surface area contributed by atoms with Crippen LogP contribution in [0.25, 0.3) is 0 Å². The van der Waals surface area contributed by atoms with Crippen molar-refractivity contribution in [2.24, 2.45) is 10.3 Å². The second-order valence-corrected chi connectivity index (χ2v) is 1.34. The van der Waals surface area contributed by atoms with Gasteiger partial charge in [-0.05, 0) is 23.8 Å². The number of nitrogens with zero attached hydrogens (tertiary/aromatic N) is 2. The minimum atomic E-state index is 2.21. The van der Waals surface area contributed by atoms with Gasteiger partial charge in [0.2, 0.25) is 0 Å². The van der Waals surface area contributed by atoms with Gasteiger partial charge in [0.25, 0.3) is 0 Å². The van der Waals surface area contributed by atoms with Gasteiger partial charge in [-0.25, -0.2) is 4.94 Å². The Morgan fingerprint density at radius 1 is 0.923 bits per heavy atom. The van der Waals surface area contributed by atoms with Gasteiger partial charge < -0.3 is 0 Å². The maximum absolute atomic E-state index is 4.11. The highest BCUT2D eigenvalue weighted by molar-refractivity contribution is 5.49. The third kappa shape index (κ3) is 9.38. The van der Waals surface area contributed by atoms with Gasteiger partial charge in [0.1, 0.15) is 0 Å². The maximum atomic E-state index is 4.11. The molecule has 0 fully saturated rings. The molecule has 0 aliphatic heterocycles. The molecule has 0 atom stereocenters. The predicted octanol–water partition coefficient (Wildman–Crippen LogP) is 1.47. The first kappa shape index (κ1) is 10.4. The van der Waals surface area contributed by atoms with Gasteiger partial charge in [-0.2, -0.15) is 0 Å². The Morgan fingerprint density at radius 3 is 2.15 bits per heavy atom. The Labute approximate surface area is 75.3 Å². The lowest BCUT2D eigenvalue weighted by molar-refractivity contribution is 0.161. The van der Waals surface area contributed by atoms with Crippen molar-refractivity contribution >= 4 is 12.6 Å². The first-order chi connectivity index (χ1) is 6.41. The fraction of sp³-hybridized carbons (Fsp3) is 0. The second kappa shape index (κ2) is 9.38. The van der Waals surface area contributed by atoms with Crippen molar-refractivity contribution in [3.8, 4) is 0 Å². The molecule has 0 amide bonds. The summed E-state index contributed by atoms with van der Waals surface area (Å²) in [6, 6.07) is 0. The van der Waals surface area contributed by atoms with Gasteiger partial charge in [0.15, 0.2) is 0 Å². The molecule has 0 aliphatic carbocycles. The quantitative estimate of drug-likeness (QED) is 0.349. The summed E-state index contributed by atoms with van der Waals surface area (Å²) in [5, 5.41) is 6.12. The molecule has 0 aromatic carbocycles. The summed E-state index contributed by atoms with van der Waals surface area (Å²) in [6.45, 7) is 6.28. The molecular formula is C10H4N2O. The average Bonchev–Trinajstić information content (AvgIpc) is 2.16. The van der Waals surface area contributed by atoms with E-state index in [-0.39, 0.29) is 0 Å². The zero-order valence-corrected chi connectivity index (χ0v) is 6.72. The smallest absolute Gasteiger partial charge is 0.0929 e. The van der Waals surface area contributed by atoms with E-state index in [9.17, 15) is 0 Å². The van der Waals surface area contributed by atoms with Gasteiger partial charge in [0, 0.05) is 29.1 Å². The van der Waals surface area contributed by atoms with Crippen LogP contribution in [0.5, 0.6) is 0 Å². The van der Waals surface area contributed by atoms with Crippen molar-refractivity contribution < 1.29 is 4.94 Å². The Kier molecular flexibility index (Phi) is 7.49. The topological polar surface area (TPSA) is 34.0 Å². The van der Waals surface area contributed by atoms with Crippen LogP contribution in [0.2, 0.25) is 0 Å². The lowest BCUT2D eigenvalue weighted by atomic mass is 10.7. The van der Waals surface area contributed by atoms with Gasteiger partial charge >= 0.3 is 0 Å². The maximum Gasteiger partial charge on any atom is 0.0929 e. The second-order valence-electron chi connectivity index (χ2n) is 1.34. The van der Waals surface area contributed by atoms with Crippen LogP contribution in [0.15, 0.2) is 57.0 Å². The summed E-state index contributed by atoms with van der Waals surface area (Å²) < 4.78 is 0. The number of hydrogen-bond donors (Lipinski definition) is 0. The molecule has 13 heavy (non-hydrogen) atoms. The Bertz CT molecular complexity index is 467. The van der Waals surface area contributed by atoms with E-state index in [0.29, 0.717) is 0 Å². The molecule has 0 aliphatic rings. The first-order valence-corrected chi connectivity index (χ1v) is 3.01. The molecule has 0 spiro atoms. The molecule has 0 N–H and O–H groups in total. The van der Waals surface area contributed by atoms with E-state index < -0.39 is 0 Å². The zero-order chi connectivity index (χ0) is 9.78. The molecule has 0 saturated carbocycles. The highest BCUT2D eigenvalue weighted by atomic mass is 16.8. The van der Waals surface area contributed by atoms with Crippen LogP contribution in [0.1, 0.15) is 0 Å². The standard InChI is InChI=1S/C10H4N2O/c1-3-4-5-6-7-8-9-10-12-13-11-2/h1-2H2. The predicted molar refractivity (Wildman–Crippen MR) is 48.3 cm³/mol. The van der Waals surface area contributed by atoms with Crippen LogP contribution in [-0.4, -0.2) is 12.6 Å². The van der Waals surface area contributed by atoms with Crippen molar-refractivity contribution in [3.63, 3.8) is 0 Å². The van der Waals surface area contributed by atoms with Crippen molar-refractivity contribution in [2.75, 3.05) is 0 Å². The van der Waals surface area contributed by atoms with E-state index in [1.54, 1.807) is 0 Å². The van der Waals surface area contributed by atoms with Crippen LogP contribution >= 0.6 is 0 Å². The van der Waals surface area contributed by atoms with Crippen molar-refractivity contribution in [1.29, 1.82) is 0 Å². The highest BCUT2D eigenvalue weighted by Crippen LogP contribution is 1.66. The van der Waals surface area contributed by atoms with Crippen LogP contribution < -0.4 is 0 Å². The minimum Gasteiger partial charge on any atom is -0.236 e. The Balaban J connectivity index is 4.90. The Hall–Kier alpha value is -2.62. The average molecular weight is 168 g/mol. The molecule has 0 aromatic heterocycles. The van der Waals surface area contributed by atoms with Crippen molar-refractivity contribution in [1.82, 2.24) is 0 Å². The van der Waals surface area contributed by atoms with Gasteiger partial charge in [-0.15, -0.1) is 0 Å². The highest BCUT2D eigenvalue weighted by Gasteiger charge is 1.54. The molecule has 3 heteroatoms. The summed E-state index contributed by atoms with van der Waals surface area (Å²) >= 11 is 0. The van der Waals surface area contributed by atoms with E-state index >= 15 is 0 Å². The molecule has 0 rings (SSSR count). The van der Waals surface area contributed by atoms with Crippen LogP contribution in [-0.2, 0) is 4.94 Å². The fourth-order valence-electron chi connectivity index (χ4n) is 0.269. The molecule has 0 heterocycles. The van der Waals surface area contributed by atoms with E-state index in [0.717, 1.165) is 0 Å². The molecule has 0 saturated heterocycles. The summed E-state index contributed by atoms with van der Waals surface area (Å²) in [6.07, 6.45) is 0. The van der Waals surface area contributed by atoms with E-state index in [2.05, 4.69) is 74.5 Å². The molecule has 3 nitrogen and oxygen atoms in total. The van der Waals surface area contributed by atoms with E-state index in [1.165, 1.54) is 0 Å². The summed E-state index contributed by atoms with van der Waals surface area (Å²) in [7, 11) is 0. The van der Waals surface area contributed by atoms with E-state index in [1.807, 2.05) is 0 Å². The number of hydrogen-bond acceptors (Lipinski definition) is 3. The summed E-state index contributed by atoms with van der Waals surface area (Å²) in [4.78, 5) is 4.11. The molecular weight excluding hydrogens is 164 g/mol. The molecule has 0 bridgehead atoms. The molecule has 0 aromatic rings. The molecule has 60 valence electrons. The van der Waals surface area contributed by atoms with E-state index in [4.69, 9.17) is 0 Å².